The summed E-state index contributed by atoms with van der Waals surface area (Å²) < 4.78 is 0. The average Bonchev–Trinajstić information content (AvgIpc) is 3.90. The van der Waals surface area contributed by atoms with E-state index in [4.69, 9.17) is 34.1 Å². The Morgan fingerprint density at radius 3 is 1.77 bits per heavy atom. The van der Waals surface area contributed by atoms with E-state index >= 15 is 0 Å². The molecule has 16 nitrogen and oxygen atoms in total. The number of carbonyl (C=O) groups excluding carboxylic acids is 4. The van der Waals surface area contributed by atoms with Crippen LogP contribution >= 0.6 is 23.2 Å². The van der Waals surface area contributed by atoms with Crippen molar-refractivity contribution in [1.29, 1.82) is 0 Å². The fourth-order valence-electron chi connectivity index (χ4n) is 5.60. The largest absolute Gasteiger partial charge is 0.409 e. The molecule has 4 amide bonds. The normalized spacial score (nSPS) is 11.4. The monoisotopic (exact) mass is 751 g/mol. The molecule has 4 aromatic heterocycles. The molecular weight excluding hydrogens is 713 g/mol. The molecule has 0 bridgehead atoms. The maximum Gasteiger partial charge on any atom is 0.272 e. The van der Waals surface area contributed by atoms with Gasteiger partial charge in [-0.1, -0.05) is 5.16 Å². The smallest absolute Gasteiger partial charge is 0.272 e. The van der Waals surface area contributed by atoms with Gasteiger partial charge in [0.25, 0.3) is 23.6 Å². The van der Waals surface area contributed by atoms with Crippen LogP contribution < -0.4 is 31.9 Å². The summed E-state index contributed by atoms with van der Waals surface area (Å²) in [6, 6.07) is 7.57. The number of rotatable bonds is 15. The number of halogens is 2. The van der Waals surface area contributed by atoms with Gasteiger partial charge in [-0.05, 0) is 45.0 Å². The van der Waals surface area contributed by atoms with Crippen LogP contribution in [-0.2, 0) is 0 Å². The Morgan fingerprint density at radius 1 is 0.769 bits per heavy atom. The number of carbonyl (C=O) groups is 4. The Bertz CT molecular complexity index is 2140. The molecule has 0 aliphatic rings. The summed E-state index contributed by atoms with van der Waals surface area (Å²) >= 11 is 11.9. The molecule has 0 saturated carbocycles. The van der Waals surface area contributed by atoms with E-state index in [-0.39, 0.29) is 41.8 Å². The summed E-state index contributed by atoms with van der Waals surface area (Å²) in [6.07, 6.45) is 4.69. The number of amides is 4. The van der Waals surface area contributed by atoms with Gasteiger partial charge in [-0.25, -0.2) is 0 Å². The Kier molecular flexibility index (Phi) is 11.8. The molecule has 0 unspecified atom stereocenters. The third-order valence-corrected chi connectivity index (χ3v) is 8.90. The summed E-state index contributed by atoms with van der Waals surface area (Å²) in [5.74, 6) is -0.882. The van der Waals surface area contributed by atoms with Crippen LogP contribution in [0, 0.1) is 20.8 Å². The molecule has 0 radical (unpaired) electrons. The molecule has 5 aromatic rings. The van der Waals surface area contributed by atoms with E-state index in [1.54, 1.807) is 26.8 Å². The van der Waals surface area contributed by atoms with Gasteiger partial charge in [0.05, 0.1) is 17.1 Å². The highest BCUT2D eigenvalue weighted by Gasteiger charge is 2.22. The Hall–Kier alpha value is -5.87. The maximum absolute atomic E-state index is 13.3. The van der Waals surface area contributed by atoms with Gasteiger partial charge in [-0.15, -0.1) is 23.2 Å². The number of aromatic amines is 4. The summed E-state index contributed by atoms with van der Waals surface area (Å²) in [5.41, 5.74) is 10.9. The second-order valence-corrected chi connectivity index (χ2v) is 12.6. The van der Waals surface area contributed by atoms with E-state index in [0.717, 1.165) is 16.6 Å². The van der Waals surface area contributed by atoms with Crippen LogP contribution in [0.5, 0.6) is 0 Å². The number of aromatic nitrogens is 4. The van der Waals surface area contributed by atoms with Gasteiger partial charge >= 0.3 is 0 Å². The highest BCUT2D eigenvalue weighted by atomic mass is 35.5. The highest BCUT2D eigenvalue weighted by Crippen LogP contribution is 2.27. The quantitative estimate of drug-likeness (QED) is 0.0231. The topological polar surface area (TPSA) is 241 Å². The van der Waals surface area contributed by atoms with Crippen molar-refractivity contribution in [3.8, 4) is 0 Å². The summed E-state index contributed by atoms with van der Waals surface area (Å²) in [5, 5.41) is 23.4. The second kappa shape index (κ2) is 16.4. The molecule has 0 saturated heterocycles. The van der Waals surface area contributed by atoms with Gasteiger partial charge in [0.2, 0.25) is 0 Å². The Labute approximate surface area is 307 Å². The standard InChI is InChI=1S/C34H39Cl2N11O5/c1-17-25(15-39-28(17)32(49)38-9-6-27(37)46-52)44-34(51)30-19(3)26(16-41-30)45-33(50)29-18(2)24(14-40-29)43-31(48)23-13-20-12-21(4-5-22(20)42-23)47(10-7-35)11-8-36/h4-5,12-16,39-42,52H,6-11H2,1-3H3,(H2,37,46)(H,38,49)(H,43,48)(H,44,51)(H,45,50). The van der Waals surface area contributed by atoms with Crippen LogP contribution in [0.3, 0.4) is 0 Å². The molecule has 18 heteroatoms. The molecule has 0 spiro atoms. The Morgan fingerprint density at radius 2 is 1.27 bits per heavy atom. The van der Waals surface area contributed by atoms with Crippen LogP contribution in [0.4, 0.5) is 22.7 Å². The molecule has 4 heterocycles. The van der Waals surface area contributed by atoms with Crippen LogP contribution in [0.15, 0.2) is 48.0 Å². The highest BCUT2D eigenvalue weighted by molar-refractivity contribution is 6.18. The zero-order valence-electron chi connectivity index (χ0n) is 28.6. The van der Waals surface area contributed by atoms with Crippen molar-refractivity contribution in [2.45, 2.75) is 27.2 Å². The molecule has 52 heavy (non-hydrogen) atoms. The van der Waals surface area contributed by atoms with Gasteiger partial charge in [0.1, 0.15) is 28.6 Å². The number of hydrogen-bond acceptors (Lipinski definition) is 7. The summed E-state index contributed by atoms with van der Waals surface area (Å²) in [7, 11) is 0. The van der Waals surface area contributed by atoms with Crippen LogP contribution in [-0.4, -0.2) is 86.0 Å². The fourth-order valence-corrected chi connectivity index (χ4v) is 6.01. The number of nitrogens with two attached hydrogens (primary N) is 1. The first-order valence-electron chi connectivity index (χ1n) is 16.2. The van der Waals surface area contributed by atoms with E-state index in [2.05, 4.69) is 51.3 Å². The van der Waals surface area contributed by atoms with Crippen molar-refractivity contribution in [1.82, 2.24) is 25.3 Å². The van der Waals surface area contributed by atoms with Crippen molar-refractivity contribution in [2.75, 3.05) is 52.2 Å². The van der Waals surface area contributed by atoms with Crippen LogP contribution in [0.1, 0.15) is 65.1 Å². The predicted octanol–water partition coefficient (Wildman–Crippen LogP) is 4.98. The average molecular weight is 753 g/mol. The number of alkyl halides is 2. The number of H-pyrrole nitrogens is 4. The maximum atomic E-state index is 13.3. The van der Waals surface area contributed by atoms with Crippen molar-refractivity contribution in [3.63, 3.8) is 0 Å². The van der Waals surface area contributed by atoms with Crippen molar-refractivity contribution in [3.05, 3.63) is 82.3 Å². The zero-order valence-corrected chi connectivity index (χ0v) is 30.1. The SMILES string of the molecule is Cc1c(NC(=O)c2cc3cc(N(CCCl)CCCl)ccc3[nH]2)c[nH]c1C(=O)Nc1c[nH]c(C(=O)Nc2c[nH]c(C(=O)NCCC(N)=NO)c2C)c1C. The van der Waals surface area contributed by atoms with Gasteiger partial charge in [-0.3, -0.25) is 19.2 Å². The molecule has 0 aliphatic heterocycles. The van der Waals surface area contributed by atoms with E-state index in [0.29, 0.717) is 64.3 Å². The van der Waals surface area contributed by atoms with Gasteiger partial charge in [0.15, 0.2) is 0 Å². The lowest BCUT2D eigenvalue weighted by atomic mass is 10.2. The lowest BCUT2D eigenvalue weighted by Crippen LogP contribution is -2.28. The zero-order chi connectivity index (χ0) is 37.5. The molecule has 0 fully saturated rings. The van der Waals surface area contributed by atoms with Crippen LogP contribution in [0.2, 0.25) is 0 Å². The fraction of sp³-hybridized carbons (Fsp3) is 0.265. The minimum atomic E-state index is -0.490. The van der Waals surface area contributed by atoms with E-state index in [9.17, 15) is 19.2 Å². The lowest BCUT2D eigenvalue weighted by molar-refractivity contribution is 0.0947. The van der Waals surface area contributed by atoms with Gasteiger partial charge in [-0.2, -0.15) is 0 Å². The van der Waals surface area contributed by atoms with Crippen molar-refractivity contribution < 1.29 is 24.4 Å². The minimum absolute atomic E-state index is 0.0170. The van der Waals surface area contributed by atoms with E-state index in [1.165, 1.54) is 18.6 Å². The summed E-state index contributed by atoms with van der Waals surface area (Å²) in [4.78, 5) is 66.1. The first kappa shape index (κ1) is 37.4. The number of anilines is 4. The number of fused-ring (bicyclic) bond motifs is 1. The van der Waals surface area contributed by atoms with E-state index < -0.39 is 17.7 Å². The van der Waals surface area contributed by atoms with Gasteiger partial charge in [0, 0.05) is 89.7 Å². The number of hydrogen-bond donors (Lipinski definition) is 10. The number of benzene rings is 1. The molecule has 5 rings (SSSR count). The molecule has 0 atom stereocenters. The molecule has 0 aliphatic carbocycles. The minimum Gasteiger partial charge on any atom is -0.409 e. The van der Waals surface area contributed by atoms with Gasteiger partial charge < -0.3 is 57.0 Å². The lowest BCUT2D eigenvalue weighted by Gasteiger charge is -2.22. The Balaban J connectivity index is 1.21. The number of oxime groups is 1. The van der Waals surface area contributed by atoms with Crippen LogP contribution in [0.25, 0.3) is 10.9 Å². The third kappa shape index (κ3) is 8.19. The first-order chi connectivity index (χ1) is 24.9. The first-order valence-corrected chi connectivity index (χ1v) is 17.2. The molecule has 274 valence electrons. The number of nitrogens with zero attached hydrogens (tertiary/aromatic N) is 2. The van der Waals surface area contributed by atoms with Crippen molar-refractivity contribution >= 4 is 86.3 Å². The summed E-state index contributed by atoms with van der Waals surface area (Å²) in [6.45, 7) is 6.48. The molecule has 11 N–H and O–H groups in total. The van der Waals surface area contributed by atoms with E-state index in [1.807, 2.05) is 18.2 Å². The number of amidine groups is 1. The number of nitrogens with one attached hydrogen (secondary N) is 8. The second-order valence-electron chi connectivity index (χ2n) is 11.9. The predicted molar refractivity (Wildman–Crippen MR) is 203 cm³/mol. The van der Waals surface area contributed by atoms with Crippen molar-refractivity contribution in [2.24, 2.45) is 10.9 Å². The third-order valence-electron chi connectivity index (χ3n) is 8.56. The molecular formula is C34H39Cl2N11O5. The molecule has 1 aromatic carbocycles.